The van der Waals surface area contributed by atoms with Crippen LogP contribution >= 0.6 is 11.6 Å². The molecule has 0 saturated carbocycles. The van der Waals surface area contributed by atoms with Gasteiger partial charge in [-0.25, -0.2) is 0 Å². The monoisotopic (exact) mass is 364 g/mol. The van der Waals surface area contributed by atoms with Gasteiger partial charge in [-0.3, -0.25) is 4.18 Å². The molecule has 2 rings (SSSR count). The molecular formula is C15H12ClF3O3S. The van der Waals surface area contributed by atoms with Gasteiger partial charge in [0.05, 0.1) is 4.90 Å². The molecule has 0 fully saturated rings. The Hall–Kier alpha value is -1.57. The summed E-state index contributed by atoms with van der Waals surface area (Å²) in [6, 6.07) is 12.4. The van der Waals surface area contributed by atoms with Gasteiger partial charge in [0.25, 0.3) is 10.1 Å². The molecule has 0 radical (unpaired) electrons. The summed E-state index contributed by atoms with van der Waals surface area (Å²) < 4.78 is 67.8. The van der Waals surface area contributed by atoms with Crippen LogP contribution in [0.3, 0.4) is 0 Å². The fraction of sp³-hybridized carbons (Fsp3) is 0.200. The Morgan fingerprint density at radius 2 is 1.57 bits per heavy atom. The van der Waals surface area contributed by atoms with Crippen LogP contribution < -0.4 is 0 Å². The van der Waals surface area contributed by atoms with Gasteiger partial charge < -0.3 is 0 Å². The van der Waals surface area contributed by atoms with Crippen molar-refractivity contribution in [1.29, 1.82) is 0 Å². The van der Waals surface area contributed by atoms with Crippen LogP contribution in [-0.4, -0.2) is 20.7 Å². The van der Waals surface area contributed by atoms with Crippen LogP contribution in [0.5, 0.6) is 0 Å². The third-order valence-corrected chi connectivity index (χ3v) is 4.56. The Balaban J connectivity index is 2.25. The van der Waals surface area contributed by atoms with E-state index in [1.54, 1.807) is 18.2 Å². The van der Waals surface area contributed by atoms with Crippen molar-refractivity contribution in [2.45, 2.75) is 23.6 Å². The van der Waals surface area contributed by atoms with E-state index in [4.69, 9.17) is 11.6 Å². The average molecular weight is 365 g/mol. The van der Waals surface area contributed by atoms with Gasteiger partial charge in [0.15, 0.2) is 6.10 Å². The third kappa shape index (κ3) is 4.95. The molecule has 2 aromatic rings. The van der Waals surface area contributed by atoms with Crippen LogP contribution in [0.4, 0.5) is 13.2 Å². The van der Waals surface area contributed by atoms with Gasteiger partial charge in [0.2, 0.25) is 0 Å². The molecule has 0 N–H and O–H groups in total. The lowest BCUT2D eigenvalue weighted by atomic mass is 10.1. The molecule has 124 valence electrons. The molecule has 0 aliphatic heterocycles. The summed E-state index contributed by atoms with van der Waals surface area (Å²) in [5.74, 6) is 0. The van der Waals surface area contributed by atoms with Crippen LogP contribution in [0.15, 0.2) is 59.5 Å². The third-order valence-electron chi connectivity index (χ3n) is 2.97. The Morgan fingerprint density at radius 3 is 2.09 bits per heavy atom. The zero-order valence-electron chi connectivity index (χ0n) is 11.6. The molecule has 0 aliphatic carbocycles. The summed E-state index contributed by atoms with van der Waals surface area (Å²) in [6.45, 7) is 0. The number of halogens is 4. The van der Waals surface area contributed by atoms with Crippen molar-refractivity contribution in [1.82, 2.24) is 0 Å². The first kappa shape index (κ1) is 17.8. The van der Waals surface area contributed by atoms with E-state index < -0.39 is 28.8 Å². The predicted molar refractivity (Wildman–Crippen MR) is 79.7 cm³/mol. The molecule has 0 spiro atoms. The smallest absolute Gasteiger partial charge is 0.253 e. The van der Waals surface area contributed by atoms with E-state index in [9.17, 15) is 21.6 Å². The average Bonchev–Trinajstić information content (AvgIpc) is 2.47. The fourth-order valence-electron chi connectivity index (χ4n) is 1.84. The van der Waals surface area contributed by atoms with Gasteiger partial charge in [-0.2, -0.15) is 21.6 Å². The highest BCUT2D eigenvalue weighted by Crippen LogP contribution is 2.29. The van der Waals surface area contributed by atoms with Gasteiger partial charge >= 0.3 is 6.18 Å². The van der Waals surface area contributed by atoms with Crippen molar-refractivity contribution in [3.05, 3.63) is 65.2 Å². The highest BCUT2D eigenvalue weighted by molar-refractivity contribution is 7.86. The van der Waals surface area contributed by atoms with Gasteiger partial charge in [0.1, 0.15) is 0 Å². The maximum Gasteiger partial charge on any atom is 0.416 e. The molecule has 3 nitrogen and oxygen atoms in total. The van der Waals surface area contributed by atoms with E-state index in [1.807, 2.05) is 0 Å². The van der Waals surface area contributed by atoms with Crippen LogP contribution in [-0.2, 0) is 20.7 Å². The zero-order chi connectivity index (χ0) is 17.1. The van der Waals surface area contributed by atoms with Crippen molar-refractivity contribution in [2.24, 2.45) is 0 Å². The minimum Gasteiger partial charge on any atom is -0.253 e. The first-order valence-corrected chi connectivity index (χ1v) is 8.26. The first-order valence-electron chi connectivity index (χ1n) is 6.48. The van der Waals surface area contributed by atoms with Gasteiger partial charge in [-0.1, -0.05) is 41.9 Å². The molecule has 8 heteroatoms. The van der Waals surface area contributed by atoms with E-state index >= 15 is 0 Å². The minimum atomic E-state index is -4.82. The van der Waals surface area contributed by atoms with Crippen molar-refractivity contribution in [2.75, 3.05) is 0 Å². The van der Waals surface area contributed by atoms with E-state index in [0.29, 0.717) is 5.56 Å². The maximum atomic E-state index is 13.1. The zero-order valence-corrected chi connectivity index (χ0v) is 13.2. The number of hydrogen-bond donors (Lipinski definition) is 0. The summed E-state index contributed by atoms with van der Waals surface area (Å²) >= 11 is 5.63. The molecule has 0 aliphatic rings. The predicted octanol–water partition coefficient (Wildman–Crippen LogP) is 4.22. The molecule has 1 unspecified atom stereocenters. The molecular weight excluding hydrogens is 353 g/mol. The Bertz CT molecular complexity index is 744. The molecule has 23 heavy (non-hydrogen) atoms. The number of alkyl halides is 3. The SMILES string of the molecule is O=S(=O)(OC(Cc1ccccc1)C(F)(F)F)c1ccc(Cl)cc1. The number of rotatable bonds is 5. The topological polar surface area (TPSA) is 43.4 Å². The lowest BCUT2D eigenvalue weighted by Crippen LogP contribution is -2.35. The van der Waals surface area contributed by atoms with Crippen molar-refractivity contribution in [3.8, 4) is 0 Å². The largest absolute Gasteiger partial charge is 0.416 e. The van der Waals surface area contributed by atoms with E-state index in [1.165, 1.54) is 24.3 Å². The van der Waals surface area contributed by atoms with E-state index in [0.717, 1.165) is 12.1 Å². The second-order valence-corrected chi connectivity index (χ2v) is 6.73. The Morgan fingerprint density at radius 1 is 1.00 bits per heavy atom. The molecule has 0 amide bonds. The minimum absolute atomic E-state index is 0.264. The molecule has 1 atom stereocenters. The Labute approximate surface area is 136 Å². The van der Waals surface area contributed by atoms with Gasteiger partial charge in [-0.15, -0.1) is 0 Å². The summed E-state index contributed by atoms with van der Waals surface area (Å²) in [4.78, 5) is -0.385. The Kier molecular flexibility index (Phi) is 5.33. The summed E-state index contributed by atoms with van der Waals surface area (Å²) in [5.41, 5.74) is 0.320. The van der Waals surface area contributed by atoms with Gasteiger partial charge in [0, 0.05) is 11.4 Å². The van der Waals surface area contributed by atoms with E-state index in [-0.39, 0.29) is 9.92 Å². The highest BCUT2D eigenvalue weighted by atomic mass is 35.5. The second-order valence-electron chi connectivity index (χ2n) is 4.72. The number of benzene rings is 2. The molecule has 0 heterocycles. The maximum absolute atomic E-state index is 13.1. The lowest BCUT2D eigenvalue weighted by molar-refractivity contribution is -0.193. The van der Waals surface area contributed by atoms with Crippen LogP contribution in [0.25, 0.3) is 0 Å². The van der Waals surface area contributed by atoms with Crippen LogP contribution in [0, 0.1) is 0 Å². The standard InChI is InChI=1S/C15H12ClF3O3S/c16-12-6-8-13(9-7-12)23(20,21)22-14(15(17,18)19)10-11-4-2-1-3-5-11/h1-9,14H,10H2. The summed E-state index contributed by atoms with van der Waals surface area (Å²) in [7, 11) is -4.56. The summed E-state index contributed by atoms with van der Waals surface area (Å²) in [5, 5.41) is 0.264. The molecule has 2 aromatic carbocycles. The molecule has 0 aromatic heterocycles. The normalized spacial score (nSPS) is 13.7. The van der Waals surface area contributed by atoms with Crippen molar-refractivity contribution in [3.63, 3.8) is 0 Å². The van der Waals surface area contributed by atoms with Gasteiger partial charge in [-0.05, 0) is 29.8 Å². The van der Waals surface area contributed by atoms with Crippen LogP contribution in [0.1, 0.15) is 5.56 Å². The lowest BCUT2D eigenvalue weighted by Gasteiger charge is -2.20. The molecule has 0 bridgehead atoms. The fourth-order valence-corrected chi connectivity index (χ4v) is 3.03. The second kappa shape index (κ2) is 6.90. The summed E-state index contributed by atoms with van der Waals surface area (Å²) in [6.07, 6.45) is -7.89. The van der Waals surface area contributed by atoms with Crippen molar-refractivity contribution < 1.29 is 25.8 Å². The van der Waals surface area contributed by atoms with E-state index in [2.05, 4.69) is 4.18 Å². The number of hydrogen-bond acceptors (Lipinski definition) is 3. The first-order chi connectivity index (χ1) is 10.7. The van der Waals surface area contributed by atoms with Crippen LogP contribution in [0.2, 0.25) is 5.02 Å². The highest BCUT2D eigenvalue weighted by Gasteiger charge is 2.44. The molecule has 0 saturated heterocycles. The quantitative estimate of drug-likeness (QED) is 0.746. The van der Waals surface area contributed by atoms with Crippen molar-refractivity contribution >= 4 is 21.7 Å².